The first kappa shape index (κ1) is 36.2. The number of carbonyl (C=O) groups excluding carboxylic acids is 3. The van der Waals surface area contributed by atoms with E-state index in [-0.39, 0.29) is 29.7 Å². The lowest BCUT2D eigenvalue weighted by molar-refractivity contribution is 0.0544. The van der Waals surface area contributed by atoms with E-state index >= 15 is 0 Å². The minimum Gasteiger partial charge on any atom is -0.431 e. The Hall–Kier alpha value is -5.55. The Balaban J connectivity index is 1.37. The number of anilines is 1. The summed E-state index contributed by atoms with van der Waals surface area (Å²) < 4.78 is 7.51. The second-order valence-electron chi connectivity index (χ2n) is 13.3. The minimum absolute atomic E-state index is 0.0607. The van der Waals surface area contributed by atoms with E-state index in [0.29, 0.717) is 60.4 Å². The molecular formula is C41H46N6O5. The zero-order valence-corrected chi connectivity index (χ0v) is 30.3. The summed E-state index contributed by atoms with van der Waals surface area (Å²) in [6, 6.07) is 23.6. The number of rotatable bonds is 13. The predicted octanol–water partition coefficient (Wildman–Crippen LogP) is 7.00. The number of amides is 3. The fourth-order valence-electron chi connectivity index (χ4n) is 6.61. The first-order valence-electron chi connectivity index (χ1n) is 18.1. The van der Waals surface area contributed by atoms with Gasteiger partial charge < -0.3 is 24.6 Å². The van der Waals surface area contributed by atoms with Crippen LogP contribution in [0.1, 0.15) is 93.4 Å². The summed E-state index contributed by atoms with van der Waals surface area (Å²) in [5, 5.41) is 18.1. The van der Waals surface area contributed by atoms with E-state index in [2.05, 4.69) is 24.1 Å². The molecule has 11 heteroatoms. The monoisotopic (exact) mass is 702 g/mol. The lowest BCUT2D eigenvalue weighted by atomic mass is 9.93. The van der Waals surface area contributed by atoms with Crippen LogP contribution in [0.2, 0.25) is 0 Å². The van der Waals surface area contributed by atoms with Crippen LogP contribution in [-0.4, -0.2) is 73.1 Å². The summed E-state index contributed by atoms with van der Waals surface area (Å²) >= 11 is 0. The van der Waals surface area contributed by atoms with E-state index in [1.807, 2.05) is 66.4 Å². The summed E-state index contributed by atoms with van der Waals surface area (Å²) in [7, 11) is 0. The molecule has 0 saturated carbocycles. The van der Waals surface area contributed by atoms with Crippen LogP contribution < -0.4 is 5.32 Å². The standard InChI is InChI=1S/C41H46N6O5/c1-5-7-20-45(21-8-6-2)41(51)35-22-27(3)47(44-35)36-19-18-32(43-38(49)37-28(4)42-39(52-37)29-14-10-9-11-15-29)24-34(36)40(50)46-25-31-17-13-12-16-30(31)23-33(46)26-48/h9-19,22,24,33,48H,5-8,20-21,23,25-26H2,1-4H3,(H,43,49). The van der Waals surface area contributed by atoms with Gasteiger partial charge in [-0.1, -0.05) is 69.2 Å². The summed E-state index contributed by atoms with van der Waals surface area (Å²) in [6.07, 6.45) is 4.24. The topological polar surface area (TPSA) is 134 Å². The molecule has 3 amide bonds. The van der Waals surface area contributed by atoms with Gasteiger partial charge in [0, 0.05) is 36.6 Å². The van der Waals surface area contributed by atoms with Gasteiger partial charge in [-0.05, 0) is 80.6 Å². The smallest absolute Gasteiger partial charge is 0.293 e. The molecule has 1 atom stereocenters. The number of aromatic nitrogens is 3. The maximum Gasteiger partial charge on any atom is 0.293 e. The van der Waals surface area contributed by atoms with Crippen molar-refractivity contribution in [1.29, 1.82) is 0 Å². The number of nitrogens with one attached hydrogen (secondary N) is 1. The van der Waals surface area contributed by atoms with Crippen molar-refractivity contribution in [2.75, 3.05) is 25.0 Å². The Morgan fingerprint density at radius 3 is 2.31 bits per heavy atom. The molecule has 11 nitrogen and oxygen atoms in total. The molecule has 1 aliphatic heterocycles. The van der Waals surface area contributed by atoms with Gasteiger partial charge in [-0.3, -0.25) is 14.4 Å². The SMILES string of the molecule is CCCCN(CCCC)C(=O)c1cc(C)n(-c2ccc(NC(=O)c3oc(-c4ccccc4)nc3C)cc2C(=O)N2Cc3ccccc3CC2CO)n1. The van der Waals surface area contributed by atoms with Gasteiger partial charge in [-0.15, -0.1) is 0 Å². The van der Waals surface area contributed by atoms with Crippen molar-refractivity contribution in [2.24, 2.45) is 0 Å². The van der Waals surface area contributed by atoms with Crippen molar-refractivity contribution < 1.29 is 23.9 Å². The number of fused-ring (bicyclic) bond motifs is 1. The van der Waals surface area contributed by atoms with Crippen molar-refractivity contribution >= 4 is 23.4 Å². The fraction of sp³-hybridized carbons (Fsp3) is 0.341. The molecule has 2 N–H and O–H groups in total. The summed E-state index contributed by atoms with van der Waals surface area (Å²) in [6.45, 7) is 9.14. The van der Waals surface area contributed by atoms with E-state index in [1.165, 1.54) is 0 Å². The molecule has 6 rings (SSSR count). The fourth-order valence-corrected chi connectivity index (χ4v) is 6.61. The Kier molecular flexibility index (Phi) is 11.3. The molecule has 0 fully saturated rings. The largest absolute Gasteiger partial charge is 0.431 e. The molecule has 1 unspecified atom stereocenters. The molecule has 3 aromatic carbocycles. The number of unbranched alkanes of at least 4 members (excludes halogenated alkanes) is 2. The van der Waals surface area contributed by atoms with E-state index in [4.69, 9.17) is 9.52 Å². The third kappa shape index (κ3) is 7.69. The van der Waals surface area contributed by atoms with Crippen LogP contribution in [-0.2, 0) is 13.0 Å². The molecule has 3 heterocycles. The van der Waals surface area contributed by atoms with Crippen LogP contribution in [0, 0.1) is 13.8 Å². The van der Waals surface area contributed by atoms with Crippen molar-refractivity contribution in [3.63, 3.8) is 0 Å². The van der Waals surface area contributed by atoms with E-state index < -0.39 is 11.9 Å². The number of aliphatic hydroxyl groups excluding tert-OH is 1. The number of nitrogens with zero attached hydrogens (tertiary/aromatic N) is 5. The van der Waals surface area contributed by atoms with E-state index in [0.717, 1.165) is 42.4 Å². The summed E-state index contributed by atoms with van der Waals surface area (Å²) in [5.74, 6) is -0.605. The zero-order chi connectivity index (χ0) is 36.8. The Labute approximate surface area is 304 Å². The van der Waals surface area contributed by atoms with Gasteiger partial charge in [-0.25, -0.2) is 9.67 Å². The summed E-state index contributed by atoms with van der Waals surface area (Å²) in [4.78, 5) is 49.9. The van der Waals surface area contributed by atoms with Gasteiger partial charge in [0.2, 0.25) is 11.7 Å². The third-order valence-corrected chi connectivity index (χ3v) is 9.52. The van der Waals surface area contributed by atoms with Crippen LogP contribution in [0.5, 0.6) is 0 Å². The molecule has 270 valence electrons. The first-order valence-corrected chi connectivity index (χ1v) is 18.1. The van der Waals surface area contributed by atoms with Crippen molar-refractivity contribution in [3.05, 3.63) is 118 Å². The van der Waals surface area contributed by atoms with Gasteiger partial charge in [0.25, 0.3) is 17.7 Å². The molecule has 0 saturated heterocycles. The number of aryl methyl sites for hydroxylation is 2. The molecular weight excluding hydrogens is 656 g/mol. The molecule has 0 aliphatic carbocycles. The highest BCUT2D eigenvalue weighted by Gasteiger charge is 2.32. The maximum atomic E-state index is 14.6. The molecule has 52 heavy (non-hydrogen) atoms. The second-order valence-corrected chi connectivity index (χ2v) is 13.3. The normalized spacial score (nSPS) is 13.9. The second kappa shape index (κ2) is 16.2. The third-order valence-electron chi connectivity index (χ3n) is 9.52. The lowest BCUT2D eigenvalue weighted by Gasteiger charge is -2.36. The molecule has 0 radical (unpaired) electrons. The highest BCUT2D eigenvalue weighted by molar-refractivity contribution is 6.05. The Morgan fingerprint density at radius 1 is 0.923 bits per heavy atom. The minimum atomic E-state index is -0.513. The Bertz CT molecular complexity index is 2040. The first-order chi connectivity index (χ1) is 25.2. The van der Waals surface area contributed by atoms with Crippen LogP contribution in [0.25, 0.3) is 17.1 Å². The average Bonchev–Trinajstić information content (AvgIpc) is 3.76. The van der Waals surface area contributed by atoms with Gasteiger partial charge in [0.15, 0.2) is 5.69 Å². The van der Waals surface area contributed by atoms with E-state index in [9.17, 15) is 19.5 Å². The van der Waals surface area contributed by atoms with Gasteiger partial charge in [-0.2, -0.15) is 5.10 Å². The predicted molar refractivity (Wildman–Crippen MR) is 200 cm³/mol. The average molecular weight is 703 g/mol. The molecule has 5 aromatic rings. The van der Waals surface area contributed by atoms with Crippen LogP contribution in [0.4, 0.5) is 5.69 Å². The molecule has 1 aliphatic rings. The van der Waals surface area contributed by atoms with Crippen molar-refractivity contribution in [3.8, 4) is 17.1 Å². The van der Waals surface area contributed by atoms with Gasteiger partial charge in [0.1, 0.15) is 0 Å². The van der Waals surface area contributed by atoms with Crippen LogP contribution in [0.3, 0.4) is 0 Å². The summed E-state index contributed by atoms with van der Waals surface area (Å²) in [5.41, 5.74) is 5.31. The maximum absolute atomic E-state index is 14.6. The number of benzene rings is 3. The number of aliphatic hydroxyl groups is 1. The van der Waals surface area contributed by atoms with Crippen LogP contribution in [0.15, 0.2) is 83.3 Å². The number of oxazole rings is 1. The van der Waals surface area contributed by atoms with E-state index in [1.54, 1.807) is 40.8 Å². The highest BCUT2D eigenvalue weighted by atomic mass is 16.4. The highest BCUT2D eigenvalue weighted by Crippen LogP contribution is 2.30. The number of carbonyl (C=O) groups is 3. The van der Waals surface area contributed by atoms with Crippen molar-refractivity contribution in [1.82, 2.24) is 24.6 Å². The van der Waals surface area contributed by atoms with Gasteiger partial charge >= 0.3 is 0 Å². The number of hydrogen-bond donors (Lipinski definition) is 2. The molecule has 0 spiro atoms. The molecule has 2 aromatic heterocycles. The zero-order valence-electron chi connectivity index (χ0n) is 30.3. The van der Waals surface area contributed by atoms with Gasteiger partial charge in [0.05, 0.1) is 29.6 Å². The van der Waals surface area contributed by atoms with Crippen LogP contribution >= 0.6 is 0 Å². The lowest BCUT2D eigenvalue weighted by Crippen LogP contribution is -2.46. The van der Waals surface area contributed by atoms with Crippen molar-refractivity contribution in [2.45, 2.75) is 72.4 Å². The quantitative estimate of drug-likeness (QED) is 0.135. The number of hydrogen-bond acceptors (Lipinski definition) is 7. The Morgan fingerprint density at radius 2 is 1.62 bits per heavy atom. The molecule has 0 bridgehead atoms.